The Bertz CT molecular complexity index is 698. The fraction of sp³-hybridized carbons (Fsp3) is 0.333. The van der Waals surface area contributed by atoms with E-state index in [4.69, 9.17) is 11.6 Å². The molecule has 0 aromatic carbocycles. The summed E-state index contributed by atoms with van der Waals surface area (Å²) in [5, 5.41) is 5.81. The minimum absolute atomic E-state index is 0.0445. The number of amides is 1. The molecule has 2 heterocycles. The zero-order chi connectivity index (χ0) is 16.5. The minimum Gasteiger partial charge on any atom is -0.291 e. The summed E-state index contributed by atoms with van der Waals surface area (Å²) in [4.78, 5) is 19.4. The van der Waals surface area contributed by atoms with Gasteiger partial charge in [-0.25, -0.2) is 9.67 Å². The van der Waals surface area contributed by atoms with Gasteiger partial charge in [-0.3, -0.25) is 10.1 Å². The molecular formula is C12H11ClF3N5O. The summed E-state index contributed by atoms with van der Waals surface area (Å²) in [7, 11) is 0. The number of hydrogen-bond acceptors (Lipinski definition) is 4. The van der Waals surface area contributed by atoms with Gasteiger partial charge in [-0.15, -0.1) is 0 Å². The maximum absolute atomic E-state index is 13.0. The third-order valence-corrected chi connectivity index (χ3v) is 2.91. The lowest BCUT2D eigenvalue weighted by atomic mass is 10.1. The quantitative estimate of drug-likeness (QED) is 0.876. The first-order valence-electron chi connectivity index (χ1n) is 6.13. The average molecular weight is 334 g/mol. The molecule has 2 aromatic heterocycles. The molecule has 0 spiro atoms. The molecule has 0 aliphatic rings. The van der Waals surface area contributed by atoms with Gasteiger partial charge in [0.1, 0.15) is 11.5 Å². The van der Waals surface area contributed by atoms with Crippen molar-refractivity contribution in [3.63, 3.8) is 0 Å². The second-order valence-corrected chi connectivity index (χ2v) is 5.01. The largest absolute Gasteiger partial charge is 0.417 e. The van der Waals surface area contributed by atoms with E-state index in [0.29, 0.717) is 6.07 Å². The Labute approximate surface area is 128 Å². The zero-order valence-electron chi connectivity index (χ0n) is 11.5. The van der Waals surface area contributed by atoms with Crippen molar-refractivity contribution >= 4 is 23.5 Å². The lowest BCUT2D eigenvalue weighted by molar-refractivity contribution is -0.137. The SMILES string of the molecule is CC(C)n1ncnc1NC(=O)c1cnc(Cl)cc1C(F)(F)F. The Morgan fingerprint density at radius 2 is 2.05 bits per heavy atom. The summed E-state index contributed by atoms with van der Waals surface area (Å²) in [6, 6.07) is 0.479. The van der Waals surface area contributed by atoms with Gasteiger partial charge < -0.3 is 0 Å². The second-order valence-electron chi connectivity index (χ2n) is 4.63. The number of carbonyl (C=O) groups is 1. The molecule has 0 bridgehead atoms. The highest BCUT2D eigenvalue weighted by Gasteiger charge is 2.36. The van der Waals surface area contributed by atoms with Gasteiger partial charge in [0, 0.05) is 6.20 Å². The normalized spacial score (nSPS) is 11.8. The van der Waals surface area contributed by atoms with E-state index in [0.717, 1.165) is 6.20 Å². The number of nitrogens with zero attached hydrogens (tertiary/aromatic N) is 4. The van der Waals surface area contributed by atoms with Crippen LogP contribution in [0, 0.1) is 0 Å². The van der Waals surface area contributed by atoms with Crippen LogP contribution in [0.5, 0.6) is 0 Å². The number of carbonyl (C=O) groups excluding carboxylic acids is 1. The molecule has 0 radical (unpaired) electrons. The zero-order valence-corrected chi connectivity index (χ0v) is 12.3. The number of hydrogen-bond donors (Lipinski definition) is 1. The van der Waals surface area contributed by atoms with E-state index in [-0.39, 0.29) is 17.1 Å². The number of anilines is 1. The van der Waals surface area contributed by atoms with Crippen molar-refractivity contribution in [2.75, 3.05) is 5.32 Å². The van der Waals surface area contributed by atoms with Crippen LogP contribution in [-0.2, 0) is 6.18 Å². The monoisotopic (exact) mass is 333 g/mol. The van der Waals surface area contributed by atoms with E-state index < -0.39 is 23.2 Å². The molecule has 0 atom stereocenters. The standard InChI is InChI=1S/C12H11ClF3N5O/c1-6(2)21-11(18-5-19-21)20-10(22)7-4-17-9(13)3-8(7)12(14,15)16/h3-6H,1-2H3,(H,18,19,20,22). The van der Waals surface area contributed by atoms with Crippen molar-refractivity contribution in [3.8, 4) is 0 Å². The fourth-order valence-corrected chi connectivity index (χ4v) is 1.89. The summed E-state index contributed by atoms with van der Waals surface area (Å²) < 4.78 is 40.3. The van der Waals surface area contributed by atoms with Crippen LogP contribution in [0.3, 0.4) is 0 Å². The van der Waals surface area contributed by atoms with Crippen molar-refractivity contribution in [1.82, 2.24) is 19.7 Å². The van der Waals surface area contributed by atoms with E-state index in [1.807, 2.05) is 0 Å². The first-order chi connectivity index (χ1) is 10.2. The number of alkyl halides is 3. The lowest BCUT2D eigenvalue weighted by Crippen LogP contribution is -2.21. The van der Waals surface area contributed by atoms with E-state index in [2.05, 4.69) is 20.4 Å². The highest BCUT2D eigenvalue weighted by Crippen LogP contribution is 2.33. The van der Waals surface area contributed by atoms with Gasteiger partial charge in [0.25, 0.3) is 5.91 Å². The topological polar surface area (TPSA) is 72.7 Å². The molecule has 0 aliphatic carbocycles. The molecule has 6 nitrogen and oxygen atoms in total. The predicted molar refractivity (Wildman–Crippen MR) is 72.6 cm³/mol. The van der Waals surface area contributed by atoms with E-state index in [9.17, 15) is 18.0 Å². The summed E-state index contributed by atoms with van der Waals surface area (Å²) in [6.45, 7) is 3.57. The van der Waals surface area contributed by atoms with Gasteiger partial charge in [0.2, 0.25) is 5.95 Å². The number of rotatable bonds is 3. The summed E-state index contributed by atoms with van der Waals surface area (Å²) >= 11 is 5.47. The first-order valence-corrected chi connectivity index (χ1v) is 6.51. The Balaban J connectivity index is 2.36. The van der Waals surface area contributed by atoms with Gasteiger partial charge in [-0.2, -0.15) is 23.3 Å². The van der Waals surface area contributed by atoms with Crippen LogP contribution in [0.25, 0.3) is 0 Å². The third-order valence-electron chi connectivity index (χ3n) is 2.71. The number of aromatic nitrogens is 4. The molecule has 22 heavy (non-hydrogen) atoms. The van der Waals surface area contributed by atoms with Gasteiger partial charge in [-0.1, -0.05) is 11.6 Å². The maximum Gasteiger partial charge on any atom is 0.417 e. The molecule has 118 valence electrons. The van der Waals surface area contributed by atoms with Gasteiger partial charge >= 0.3 is 6.18 Å². The van der Waals surface area contributed by atoms with Crippen molar-refractivity contribution < 1.29 is 18.0 Å². The predicted octanol–water partition coefficient (Wildman–Crippen LogP) is 3.18. The first kappa shape index (κ1) is 16.2. The molecule has 2 aromatic rings. The van der Waals surface area contributed by atoms with Crippen molar-refractivity contribution in [1.29, 1.82) is 0 Å². The molecule has 0 fully saturated rings. The molecule has 0 saturated carbocycles. The van der Waals surface area contributed by atoms with Crippen molar-refractivity contribution in [3.05, 3.63) is 34.9 Å². The second kappa shape index (κ2) is 5.91. The van der Waals surface area contributed by atoms with Crippen LogP contribution in [0.2, 0.25) is 5.15 Å². The summed E-state index contributed by atoms with van der Waals surface area (Å²) in [5.41, 5.74) is -1.81. The van der Waals surface area contributed by atoms with E-state index in [1.165, 1.54) is 11.0 Å². The Kier molecular flexibility index (Phi) is 4.36. The lowest BCUT2D eigenvalue weighted by Gasteiger charge is -2.13. The smallest absolute Gasteiger partial charge is 0.291 e. The van der Waals surface area contributed by atoms with Crippen LogP contribution in [0.15, 0.2) is 18.6 Å². The van der Waals surface area contributed by atoms with Crippen LogP contribution >= 0.6 is 11.6 Å². The van der Waals surface area contributed by atoms with E-state index in [1.54, 1.807) is 13.8 Å². The molecule has 0 saturated heterocycles. The highest BCUT2D eigenvalue weighted by molar-refractivity contribution is 6.29. The van der Waals surface area contributed by atoms with Crippen LogP contribution in [-0.4, -0.2) is 25.7 Å². The fourth-order valence-electron chi connectivity index (χ4n) is 1.73. The molecular weight excluding hydrogens is 323 g/mol. The van der Waals surface area contributed by atoms with Crippen molar-refractivity contribution in [2.24, 2.45) is 0 Å². The molecule has 10 heteroatoms. The van der Waals surface area contributed by atoms with Crippen LogP contribution < -0.4 is 5.32 Å². The van der Waals surface area contributed by atoms with Crippen molar-refractivity contribution in [2.45, 2.75) is 26.1 Å². The third kappa shape index (κ3) is 3.35. The summed E-state index contributed by atoms with van der Waals surface area (Å²) in [6.07, 6.45) is -2.76. The molecule has 0 unspecified atom stereocenters. The number of pyridine rings is 1. The maximum atomic E-state index is 13.0. The Hall–Kier alpha value is -2.16. The minimum atomic E-state index is -4.73. The summed E-state index contributed by atoms with van der Waals surface area (Å²) in [5.74, 6) is -0.950. The molecule has 1 N–H and O–H groups in total. The number of halogens is 4. The van der Waals surface area contributed by atoms with Gasteiger partial charge in [0.05, 0.1) is 17.2 Å². The van der Waals surface area contributed by atoms with E-state index >= 15 is 0 Å². The van der Waals surface area contributed by atoms with Gasteiger partial charge in [0.15, 0.2) is 0 Å². The number of nitrogens with one attached hydrogen (secondary N) is 1. The highest BCUT2D eigenvalue weighted by atomic mass is 35.5. The Morgan fingerprint density at radius 1 is 1.36 bits per heavy atom. The van der Waals surface area contributed by atoms with Crippen LogP contribution in [0.4, 0.5) is 19.1 Å². The Morgan fingerprint density at radius 3 is 2.64 bits per heavy atom. The molecule has 0 aliphatic heterocycles. The van der Waals surface area contributed by atoms with Gasteiger partial charge in [-0.05, 0) is 19.9 Å². The molecule has 2 rings (SSSR count). The van der Waals surface area contributed by atoms with Crippen LogP contribution in [0.1, 0.15) is 35.8 Å². The molecule has 1 amide bonds. The average Bonchev–Trinajstić information content (AvgIpc) is 2.85.